The summed E-state index contributed by atoms with van der Waals surface area (Å²) in [7, 11) is 0. The summed E-state index contributed by atoms with van der Waals surface area (Å²) >= 11 is 0. The van der Waals surface area contributed by atoms with E-state index in [9.17, 15) is 9.59 Å². The van der Waals surface area contributed by atoms with Crippen molar-refractivity contribution in [3.05, 3.63) is 71.9 Å². The van der Waals surface area contributed by atoms with Crippen LogP contribution in [0.2, 0.25) is 0 Å². The molecular formula is C27H33N3O3. The highest BCUT2D eigenvalue weighted by Crippen LogP contribution is 2.20. The fourth-order valence-corrected chi connectivity index (χ4v) is 4.54. The molecule has 2 amide bonds. The van der Waals surface area contributed by atoms with Crippen LogP contribution in [0.4, 0.5) is 4.79 Å². The molecule has 1 heterocycles. The summed E-state index contributed by atoms with van der Waals surface area (Å²) in [5, 5.41) is 7.08. The van der Waals surface area contributed by atoms with E-state index in [4.69, 9.17) is 4.74 Å². The fraction of sp³-hybridized carbons (Fsp3) is 0.407. The van der Waals surface area contributed by atoms with Crippen molar-refractivity contribution in [1.82, 2.24) is 15.6 Å². The van der Waals surface area contributed by atoms with E-state index < -0.39 is 12.1 Å². The molecule has 0 bridgehead atoms. The normalized spacial score (nSPS) is 15.9. The quantitative estimate of drug-likeness (QED) is 0.463. The Labute approximate surface area is 195 Å². The molecule has 1 aromatic heterocycles. The second-order valence-electron chi connectivity index (χ2n) is 8.87. The first-order valence-corrected chi connectivity index (χ1v) is 12.0. The van der Waals surface area contributed by atoms with Gasteiger partial charge in [-0.2, -0.15) is 0 Å². The van der Waals surface area contributed by atoms with Gasteiger partial charge in [0.05, 0.1) is 0 Å². The molecule has 1 aliphatic carbocycles. The van der Waals surface area contributed by atoms with Crippen molar-refractivity contribution in [1.29, 1.82) is 0 Å². The van der Waals surface area contributed by atoms with E-state index in [1.54, 1.807) is 0 Å². The Kier molecular flexibility index (Phi) is 8.01. The van der Waals surface area contributed by atoms with Gasteiger partial charge in [-0.15, -0.1) is 0 Å². The van der Waals surface area contributed by atoms with Crippen molar-refractivity contribution in [2.45, 2.75) is 70.1 Å². The minimum atomic E-state index is -0.710. The van der Waals surface area contributed by atoms with E-state index in [0.29, 0.717) is 6.42 Å². The molecule has 0 saturated heterocycles. The van der Waals surface area contributed by atoms with Crippen molar-refractivity contribution in [3.63, 3.8) is 0 Å². The Balaban J connectivity index is 1.44. The molecule has 4 rings (SSSR count). The lowest BCUT2D eigenvalue weighted by molar-refractivity contribution is -0.123. The van der Waals surface area contributed by atoms with E-state index in [-0.39, 0.29) is 18.6 Å². The molecule has 0 aliphatic heterocycles. The maximum atomic E-state index is 13.3. The van der Waals surface area contributed by atoms with Crippen LogP contribution in [0.15, 0.2) is 60.8 Å². The average molecular weight is 448 g/mol. The molecule has 0 radical (unpaired) electrons. The maximum Gasteiger partial charge on any atom is 0.408 e. The number of aromatic amines is 1. The molecule has 1 fully saturated rings. The molecule has 0 spiro atoms. The summed E-state index contributed by atoms with van der Waals surface area (Å²) in [6.45, 7) is 0.163. The lowest BCUT2D eigenvalue weighted by Crippen LogP contribution is -2.50. The van der Waals surface area contributed by atoms with E-state index in [2.05, 4.69) is 15.6 Å². The summed E-state index contributed by atoms with van der Waals surface area (Å²) in [4.78, 5) is 29.1. The number of fused-ring (bicyclic) bond motifs is 1. The zero-order valence-corrected chi connectivity index (χ0v) is 19.0. The monoisotopic (exact) mass is 447 g/mol. The van der Waals surface area contributed by atoms with Crippen LogP contribution in [-0.4, -0.2) is 29.1 Å². The third-order valence-electron chi connectivity index (χ3n) is 6.37. The van der Waals surface area contributed by atoms with E-state index in [0.717, 1.165) is 47.7 Å². The number of rotatable bonds is 7. The average Bonchev–Trinajstić information content (AvgIpc) is 3.22. The summed E-state index contributed by atoms with van der Waals surface area (Å²) in [6.07, 6.45) is 9.67. The van der Waals surface area contributed by atoms with Crippen LogP contribution in [-0.2, 0) is 22.6 Å². The number of carbonyl (C=O) groups is 2. The first-order chi connectivity index (χ1) is 16.2. The predicted octanol–water partition coefficient (Wildman–Crippen LogP) is 5.23. The number of aromatic nitrogens is 1. The van der Waals surface area contributed by atoms with Crippen LogP contribution in [0.3, 0.4) is 0 Å². The molecule has 3 aromatic rings. The molecule has 33 heavy (non-hydrogen) atoms. The molecule has 1 saturated carbocycles. The Morgan fingerprint density at radius 2 is 1.64 bits per heavy atom. The van der Waals surface area contributed by atoms with Crippen molar-refractivity contribution in [2.24, 2.45) is 0 Å². The highest BCUT2D eigenvalue weighted by molar-refractivity contribution is 5.88. The lowest BCUT2D eigenvalue weighted by Gasteiger charge is -2.24. The highest BCUT2D eigenvalue weighted by Gasteiger charge is 2.25. The number of H-pyrrole nitrogens is 1. The molecule has 0 unspecified atom stereocenters. The number of nitrogens with one attached hydrogen (secondary N) is 3. The van der Waals surface area contributed by atoms with E-state index in [1.807, 2.05) is 60.8 Å². The molecule has 3 N–H and O–H groups in total. The van der Waals surface area contributed by atoms with Gasteiger partial charge in [0, 0.05) is 29.6 Å². The largest absolute Gasteiger partial charge is 0.445 e. The van der Waals surface area contributed by atoms with Gasteiger partial charge < -0.3 is 20.4 Å². The van der Waals surface area contributed by atoms with Crippen LogP contribution in [0.5, 0.6) is 0 Å². The minimum Gasteiger partial charge on any atom is -0.445 e. The van der Waals surface area contributed by atoms with Gasteiger partial charge >= 0.3 is 6.09 Å². The summed E-state index contributed by atoms with van der Waals surface area (Å²) in [5.41, 5.74) is 2.91. The number of hydrogen-bond donors (Lipinski definition) is 3. The number of amides is 2. The number of para-hydroxylation sites is 1. The Bertz CT molecular complexity index is 1040. The summed E-state index contributed by atoms with van der Waals surface area (Å²) in [6, 6.07) is 16.9. The maximum absolute atomic E-state index is 13.3. The van der Waals surface area contributed by atoms with Crippen molar-refractivity contribution in [2.75, 3.05) is 0 Å². The predicted molar refractivity (Wildman–Crippen MR) is 130 cm³/mol. The molecule has 1 atom stereocenters. The van der Waals surface area contributed by atoms with Gasteiger partial charge in [0.1, 0.15) is 12.6 Å². The Hall–Kier alpha value is -3.28. The highest BCUT2D eigenvalue weighted by atomic mass is 16.5. The number of carbonyl (C=O) groups excluding carboxylic acids is 2. The molecular weight excluding hydrogens is 414 g/mol. The lowest BCUT2D eigenvalue weighted by atomic mass is 9.96. The zero-order valence-electron chi connectivity index (χ0n) is 19.0. The van der Waals surface area contributed by atoms with Gasteiger partial charge in [-0.1, -0.05) is 80.6 Å². The number of benzene rings is 2. The van der Waals surface area contributed by atoms with Crippen molar-refractivity contribution < 1.29 is 14.3 Å². The number of alkyl carbamates (subject to hydrolysis) is 1. The molecule has 6 heteroatoms. The molecule has 6 nitrogen and oxygen atoms in total. The molecule has 174 valence electrons. The second-order valence-corrected chi connectivity index (χ2v) is 8.87. The van der Waals surface area contributed by atoms with Crippen LogP contribution < -0.4 is 10.6 Å². The second kappa shape index (κ2) is 11.5. The van der Waals surface area contributed by atoms with Crippen LogP contribution in [0.1, 0.15) is 56.1 Å². The zero-order chi connectivity index (χ0) is 22.9. The van der Waals surface area contributed by atoms with Gasteiger partial charge in [0.2, 0.25) is 5.91 Å². The van der Waals surface area contributed by atoms with Crippen LogP contribution >= 0.6 is 0 Å². The fourth-order valence-electron chi connectivity index (χ4n) is 4.54. The van der Waals surface area contributed by atoms with Gasteiger partial charge in [0.15, 0.2) is 0 Å². The number of hydrogen-bond acceptors (Lipinski definition) is 3. The summed E-state index contributed by atoms with van der Waals surface area (Å²) in [5.74, 6) is -0.150. The van der Waals surface area contributed by atoms with Gasteiger partial charge in [0.25, 0.3) is 0 Å². The first kappa shape index (κ1) is 22.9. The Morgan fingerprint density at radius 1 is 0.939 bits per heavy atom. The van der Waals surface area contributed by atoms with Crippen LogP contribution in [0.25, 0.3) is 10.9 Å². The summed E-state index contributed by atoms with van der Waals surface area (Å²) < 4.78 is 5.40. The van der Waals surface area contributed by atoms with E-state index >= 15 is 0 Å². The molecule has 1 aliphatic rings. The third kappa shape index (κ3) is 6.60. The van der Waals surface area contributed by atoms with Crippen molar-refractivity contribution in [3.8, 4) is 0 Å². The van der Waals surface area contributed by atoms with Gasteiger partial charge in [-0.3, -0.25) is 4.79 Å². The number of ether oxygens (including phenoxy) is 1. The first-order valence-electron chi connectivity index (χ1n) is 12.0. The minimum absolute atomic E-state index is 0.150. The Morgan fingerprint density at radius 3 is 2.42 bits per heavy atom. The van der Waals surface area contributed by atoms with E-state index in [1.165, 1.54) is 19.3 Å². The molecule has 2 aromatic carbocycles. The topological polar surface area (TPSA) is 83.2 Å². The SMILES string of the molecule is O=C(N[C@@H](Cc1c[nH]c2ccccc12)C(=O)NC1CCCCCCC1)OCc1ccccc1. The smallest absolute Gasteiger partial charge is 0.408 e. The van der Waals surface area contributed by atoms with Crippen molar-refractivity contribution >= 4 is 22.9 Å². The third-order valence-corrected chi connectivity index (χ3v) is 6.37. The van der Waals surface area contributed by atoms with Gasteiger partial charge in [-0.05, 0) is 30.0 Å². The van der Waals surface area contributed by atoms with Gasteiger partial charge in [-0.25, -0.2) is 4.79 Å². The van der Waals surface area contributed by atoms with Crippen LogP contribution in [0, 0.1) is 0 Å². The standard InChI is InChI=1S/C27H33N3O3/c31-26(29-22-13-7-2-1-3-8-14-22)25(17-21-18-28-24-16-10-9-15-23(21)24)30-27(32)33-19-20-11-5-4-6-12-20/h4-6,9-12,15-16,18,22,25,28H,1-3,7-8,13-14,17,19H2,(H,29,31)(H,30,32)/t25-/m0/s1.